The van der Waals surface area contributed by atoms with Gasteiger partial charge in [-0.1, -0.05) is 364 Å². The van der Waals surface area contributed by atoms with Crippen molar-refractivity contribution in [2.75, 3.05) is 39.6 Å². The van der Waals surface area contributed by atoms with E-state index in [1.807, 2.05) is 0 Å². The van der Waals surface area contributed by atoms with Gasteiger partial charge in [-0.2, -0.15) is 0 Å². The predicted molar refractivity (Wildman–Crippen MR) is 409 cm³/mol. The van der Waals surface area contributed by atoms with Gasteiger partial charge in [-0.3, -0.25) is 37.3 Å². The Bertz CT molecular complexity index is 1960. The average molecular weight is 1470 g/mol. The summed E-state index contributed by atoms with van der Waals surface area (Å²) >= 11 is 0. The molecule has 0 bridgehead atoms. The number of phosphoric acid groups is 2. The summed E-state index contributed by atoms with van der Waals surface area (Å²) in [6.45, 7) is 14.3. The molecule has 0 amide bonds. The molecule has 4 unspecified atom stereocenters. The molecule has 0 saturated heterocycles. The van der Waals surface area contributed by atoms with E-state index in [9.17, 15) is 43.2 Å². The van der Waals surface area contributed by atoms with E-state index in [1.54, 1.807) is 0 Å². The summed E-state index contributed by atoms with van der Waals surface area (Å²) in [6, 6.07) is 0. The van der Waals surface area contributed by atoms with Gasteiger partial charge >= 0.3 is 39.5 Å². The van der Waals surface area contributed by atoms with Gasteiger partial charge in [-0.25, -0.2) is 9.13 Å². The molecule has 19 heteroatoms. The van der Waals surface area contributed by atoms with E-state index in [1.165, 1.54) is 212 Å². The predicted octanol–water partition coefficient (Wildman–Crippen LogP) is 24.0. The molecule has 100 heavy (non-hydrogen) atoms. The molecule has 0 spiro atoms. The molecule has 0 fully saturated rings. The molecule has 0 radical (unpaired) electrons. The Morgan fingerprint density at radius 1 is 0.280 bits per heavy atom. The topological polar surface area (TPSA) is 237 Å². The number of carbonyl (C=O) groups is 4. The molecular formula is C81H158O17P2. The van der Waals surface area contributed by atoms with Crippen molar-refractivity contribution >= 4 is 39.5 Å². The molecule has 0 aromatic carbocycles. The zero-order valence-electron chi connectivity index (χ0n) is 65.8. The van der Waals surface area contributed by atoms with E-state index < -0.39 is 97.5 Å². The van der Waals surface area contributed by atoms with E-state index in [4.69, 9.17) is 37.0 Å². The number of carbonyl (C=O) groups excluding carboxylic acids is 4. The minimum absolute atomic E-state index is 0.106. The molecular weight excluding hydrogens is 1310 g/mol. The quantitative estimate of drug-likeness (QED) is 0.0222. The van der Waals surface area contributed by atoms with Crippen molar-refractivity contribution in [3.05, 3.63) is 0 Å². The highest BCUT2D eigenvalue weighted by Gasteiger charge is 2.30. The first kappa shape index (κ1) is 98.1. The molecule has 0 aliphatic heterocycles. The van der Waals surface area contributed by atoms with Gasteiger partial charge in [0.05, 0.1) is 26.4 Å². The largest absolute Gasteiger partial charge is 0.472 e. The average Bonchev–Trinajstić information content (AvgIpc) is 0.935. The fourth-order valence-corrected chi connectivity index (χ4v) is 13.9. The van der Waals surface area contributed by atoms with Crippen LogP contribution in [0.15, 0.2) is 0 Å². The monoisotopic (exact) mass is 1470 g/mol. The van der Waals surface area contributed by atoms with Crippen LogP contribution in [0.4, 0.5) is 0 Å². The van der Waals surface area contributed by atoms with Crippen molar-refractivity contribution in [2.24, 2.45) is 23.7 Å². The number of hydrogen-bond acceptors (Lipinski definition) is 15. The van der Waals surface area contributed by atoms with Crippen LogP contribution in [0.3, 0.4) is 0 Å². The van der Waals surface area contributed by atoms with Gasteiger partial charge in [-0.05, 0) is 49.4 Å². The Morgan fingerprint density at radius 3 is 0.710 bits per heavy atom. The van der Waals surface area contributed by atoms with Gasteiger partial charge in [0.25, 0.3) is 0 Å². The summed E-state index contributed by atoms with van der Waals surface area (Å²) in [5.41, 5.74) is 0. The lowest BCUT2D eigenvalue weighted by molar-refractivity contribution is -0.161. The highest BCUT2D eigenvalue weighted by atomic mass is 31.2. The zero-order valence-corrected chi connectivity index (χ0v) is 67.6. The maximum atomic E-state index is 13.1. The number of aliphatic hydroxyl groups excluding tert-OH is 1. The van der Waals surface area contributed by atoms with E-state index in [-0.39, 0.29) is 25.7 Å². The van der Waals surface area contributed by atoms with Crippen molar-refractivity contribution in [3.8, 4) is 0 Å². The molecule has 0 aromatic heterocycles. The van der Waals surface area contributed by atoms with Gasteiger partial charge < -0.3 is 33.8 Å². The van der Waals surface area contributed by atoms with Crippen molar-refractivity contribution in [2.45, 2.75) is 433 Å². The molecule has 7 atom stereocenters. The van der Waals surface area contributed by atoms with Crippen LogP contribution in [0.5, 0.6) is 0 Å². The smallest absolute Gasteiger partial charge is 0.462 e. The number of rotatable bonds is 78. The first-order chi connectivity index (χ1) is 48.2. The summed E-state index contributed by atoms with van der Waals surface area (Å²) < 4.78 is 68.7. The van der Waals surface area contributed by atoms with Gasteiger partial charge in [0, 0.05) is 25.7 Å². The summed E-state index contributed by atoms with van der Waals surface area (Å²) in [4.78, 5) is 73.0. The Morgan fingerprint density at radius 2 is 0.480 bits per heavy atom. The minimum Gasteiger partial charge on any atom is -0.462 e. The number of aliphatic hydroxyl groups is 1. The molecule has 0 saturated carbocycles. The fourth-order valence-electron chi connectivity index (χ4n) is 12.4. The highest BCUT2D eigenvalue weighted by molar-refractivity contribution is 7.47. The van der Waals surface area contributed by atoms with Crippen LogP contribution >= 0.6 is 15.6 Å². The lowest BCUT2D eigenvalue weighted by Crippen LogP contribution is -2.30. The van der Waals surface area contributed by atoms with Gasteiger partial charge in [0.1, 0.15) is 19.3 Å². The van der Waals surface area contributed by atoms with Crippen LogP contribution < -0.4 is 0 Å². The lowest BCUT2D eigenvalue weighted by Gasteiger charge is -2.21. The second-order valence-corrected chi connectivity index (χ2v) is 33.5. The van der Waals surface area contributed by atoms with Gasteiger partial charge in [-0.15, -0.1) is 0 Å². The van der Waals surface area contributed by atoms with Crippen molar-refractivity contribution in [3.63, 3.8) is 0 Å². The fraction of sp³-hybridized carbons (Fsp3) is 0.951. The third-order valence-electron chi connectivity index (χ3n) is 19.5. The molecule has 0 aliphatic rings. The Kier molecular flexibility index (Phi) is 68.7. The minimum atomic E-state index is -4.96. The normalized spacial score (nSPS) is 14.6. The Balaban J connectivity index is 5.25. The summed E-state index contributed by atoms with van der Waals surface area (Å²) in [6.07, 6.45) is 56.8. The number of unbranched alkanes of at least 4 members (excludes halogenated alkanes) is 42. The summed E-state index contributed by atoms with van der Waals surface area (Å²) in [5.74, 6) is 1.04. The Hall–Kier alpha value is -1.94. The molecule has 0 aromatic rings. The first-order valence-electron chi connectivity index (χ1n) is 41.8. The van der Waals surface area contributed by atoms with Gasteiger partial charge in [0.15, 0.2) is 12.2 Å². The second-order valence-electron chi connectivity index (χ2n) is 30.6. The SMILES string of the molecule is CCC(C)CCCCCCCCCCCCCCCCC(=O)OC[C@H](COP(=O)(O)OC[C@@H](O)COP(=O)(O)OC[C@@H](COC(=O)CCCCCCCCC(C)CC)OC(=O)CCCCCCCCCCCCCCCC(C)C)OC(=O)CCCCCCCCCCCCCCCC(C)C. The van der Waals surface area contributed by atoms with Crippen molar-refractivity contribution in [1.29, 1.82) is 0 Å². The summed E-state index contributed by atoms with van der Waals surface area (Å²) in [5, 5.41) is 10.6. The van der Waals surface area contributed by atoms with E-state index in [0.717, 1.165) is 120 Å². The molecule has 0 rings (SSSR count). The third kappa shape index (κ3) is 71.7. The van der Waals surface area contributed by atoms with E-state index >= 15 is 0 Å². The van der Waals surface area contributed by atoms with Crippen LogP contribution in [0.25, 0.3) is 0 Å². The van der Waals surface area contributed by atoms with Crippen molar-refractivity contribution < 1.29 is 80.2 Å². The van der Waals surface area contributed by atoms with E-state index in [0.29, 0.717) is 25.7 Å². The maximum absolute atomic E-state index is 13.1. The highest BCUT2D eigenvalue weighted by Crippen LogP contribution is 2.45. The van der Waals surface area contributed by atoms with Crippen LogP contribution in [0, 0.1) is 23.7 Å². The first-order valence-corrected chi connectivity index (χ1v) is 44.8. The van der Waals surface area contributed by atoms with Gasteiger partial charge in [0.2, 0.25) is 0 Å². The molecule has 594 valence electrons. The summed E-state index contributed by atoms with van der Waals surface area (Å²) in [7, 11) is -9.92. The van der Waals surface area contributed by atoms with Crippen LogP contribution in [0.2, 0.25) is 0 Å². The van der Waals surface area contributed by atoms with Crippen LogP contribution in [-0.4, -0.2) is 96.7 Å². The standard InChI is InChI=1S/C81H158O17P2/c1-9-73(7)59-51-43-35-29-23-17-11-12-18-24-30-36-45-53-61-78(83)91-67-76(97-80(85)63-55-47-37-31-25-19-13-15-21-27-33-41-49-57-71(3)4)69-95-99(87,88)93-65-75(82)66-94-100(89,90)96-70-77(68-92-79(84)62-54-46-40-39-44-52-60-74(8)10-2)98-81(86)64-56-48-38-32-26-20-14-16-22-28-34-42-50-58-72(5)6/h71-77,82H,9-70H2,1-8H3,(H,87,88)(H,89,90)/t73?,74?,75-,76-,77-/m1/s1. The van der Waals surface area contributed by atoms with Crippen LogP contribution in [-0.2, 0) is 65.4 Å². The van der Waals surface area contributed by atoms with Crippen LogP contribution in [0.1, 0.15) is 415 Å². The number of ether oxygens (including phenoxy) is 4. The Labute approximate surface area is 613 Å². The molecule has 0 aliphatic carbocycles. The number of esters is 4. The van der Waals surface area contributed by atoms with Crippen molar-refractivity contribution in [1.82, 2.24) is 0 Å². The number of phosphoric ester groups is 2. The second kappa shape index (κ2) is 70.1. The van der Waals surface area contributed by atoms with E-state index in [2.05, 4.69) is 55.4 Å². The number of hydrogen-bond donors (Lipinski definition) is 3. The molecule has 3 N–H and O–H groups in total. The lowest BCUT2D eigenvalue weighted by atomic mass is 9.99. The molecule has 0 heterocycles. The third-order valence-corrected chi connectivity index (χ3v) is 21.4. The molecule has 17 nitrogen and oxygen atoms in total. The zero-order chi connectivity index (χ0) is 73.8. The maximum Gasteiger partial charge on any atom is 0.472 e.